The van der Waals surface area contributed by atoms with Gasteiger partial charge in [0.1, 0.15) is 5.35 Å². The number of fused-ring (bicyclic) bond motifs is 1. The first-order valence-corrected chi connectivity index (χ1v) is 9.53. The summed E-state index contributed by atoms with van der Waals surface area (Å²) < 4.78 is 7.45. The highest BCUT2D eigenvalue weighted by molar-refractivity contribution is 5.89. The molecule has 1 aliphatic carbocycles. The minimum absolute atomic E-state index is 0.0451. The first-order valence-electron chi connectivity index (χ1n) is 9.53. The monoisotopic (exact) mass is 346 g/mol. The van der Waals surface area contributed by atoms with Crippen LogP contribution in [-0.2, 0) is 9.53 Å². The molecule has 0 radical (unpaired) electrons. The zero-order valence-electron chi connectivity index (χ0n) is 15.6. The summed E-state index contributed by atoms with van der Waals surface area (Å²) >= 11 is 0. The summed E-state index contributed by atoms with van der Waals surface area (Å²) in [6.07, 6.45) is 9.09. The fourth-order valence-corrected chi connectivity index (χ4v) is 3.68. The summed E-state index contributed by atoms with van der Waals surface area (Å²) in [7, 11) is 1.71. The van der Waals surface area contributed by atoms with E-state index in [0.29, 0.717) is 30.9 Å². The number of anilines is 1. The van der Waals surface area contributed by atoms with Crippen LogP contribution in [-0.4, -0.2) is 35.2 Å². The van der Waals surface area contributed by atoms with Crippen LogP contribution in [0.15, 0.2) is 4.99 Å². The first kappa shape index (κ1) is 18.1. The fourth-order valence-electron chi connectivity index (χ4n) is 3.68. The number of hydrogen-bond donors (Lipinski definition) is 1. The van der Waals surface area contributed by atoms with E-state index in [-0.39, 0.29) is 11.9 Å². The molecule has 1 amide bonds. The summed E-state index contributed by atoms with van der Waals surface area (Å²) in [6.45, 7) is 4.88. The van der Waals surface area contributed by atoms with Gasteiger partial charge in [-0.1, -0.05) is 32.8 Å². The normalized spacial score (nSPS) is 20.2. The fraction of sp³-hybridized carbons (Fsp3) is 0.737. The largest absolute Gasteiger partial charge is 0.382 e. The molecule has 0 bridgehead atoms. The van der Waals surface area contributed by atoms with Crippen molar-refractivity contribution in [3.63, 3.8) is 0 Å². The number of carbonyl (C=O) groups excluding carboxylic acids is 1. The van der Waals surface area contributed by atoms with Gasteiger partial charge in [0.2, 0.25) is 11.9 Å². The zero-order chi connectivity index (χ0) is 17.8. The van der Waals surface area contributed by atoms with Gasteiger partial charge in [0.15, 0.2) is 5.49 Å². The van der Waals surface area contributed by atoms with Gasteiger partial charge in [0.05, 0.1) is 12.6 Å². The van der Waals surface area contributed by atoms with Gasteiger partial charge in [0, 0.05) is 19.6 Å². The number of nitrogens with one attached hydrogen (secondary N) is 1. The van der Waals surface area contributed by atoms with E-state index in [0.717, 1.165) is 36.5 Å². The van der Waals surface area contributed by atoms with Crippen molar-refractivity contribution in [2.24, 2.45) is 10.9 Å². The van der Waals surface area contributed by atoms with Crippen LogP contribution in [0.25, 0.3) is 6.08 Å². The molecule has 1 atom stereocenters. The topological polar surface area (TPSA) is 68.5 Å². The molecule has 2 aliphatic rings. The highest BCUT2D eigenvalue weighted by Gasteiger charge is 2.25. The molecule has 0 spiro atoms. The van der Waals surface area contributed by atoms with E-state index in [2.05, 4.69) is 29.8 Å². The number of rotatable bonds is 7. The number of amides is 1. The Hall–Kier alpha value is -1.69. The molecule has 2 heterocycles. The number of ether oxygens (including phenoxy) is 1. The molecule has 1 saturated carbocycles. The molecule has 1 fully saturated rings. The number of aromatic nitrogens is 2. The van der Waals surface area contributed by atoms with Crippen LogP contribution in [0, 0.1) is 5.92 Å². The smallest absolute Gasteiger partial charge is 0.226 e. The molecule has 0 saturated heterocycles. The van der Waals surface area contributed by atoms with Crippen molar-refractivity contribution >= 4 is 17.9 Å². The Bertz CT molecular complexity index is 717. The summed E-state index contributed by atoms with van der Waals surface area (Å²) in [4.78, 5) is 21.9. The van der Waals surface area contributed by atoms with Crippen molar-refractivity contribution < 1.29 is 9.53 Å². The molecular formula is C19H30N4O2. The Labute approximate surface area is 149 Å². The summed E-state index contributed by atoms with van der Waals surface area (Å²) in [5.41, 5.74) is 0.916. The van der Waals surface area contributed by atoms with Gasteiger partial charge < -0.3 is 4.74 Å². The molecule has 1 aliphatic heterocycles. The van der Waals surface area contributed by atoms with Gasteiger partial charge in [-0.05, 0) is 31.6 Å². The van der Waals surface area contributed by atoms with E-state index in [4.69, 9.17) is 14.7 Å². The average Bonchev–Trinajstić information content (AvgIpc) is 3.20. The van der Waals surface area contributed by atoms with E-state index >= 15 is 0 Å². The second kappa shape index (κ2) is 8.13. The maximum atomic E-state index is 12.3. The molecular weight excluding hydrogens is 316 g/mol. The van der Waals surface area contributed by atoms with E-state index < -0.39 is 0 Å². The van der Waals surface area contributed by atoms with E-state index in [1.54, 1.807) is 7.11 Å². The van der Waals surface area contributed by atoms with Crippen LogP contribution in [0.1, 0.15) is 64.8 Å². The van der Waals surface area contributed by atoms with Gasteiger partial charge >= 0.3 is 0 Å². The SMILES string of the molecule is COCC1CC=c2nc(NC(=O)CCC(C)C)n(C3CCCC3)c2=N1. The van der Waals surface area contributed by atoms with E-state index in [1.807, 2.05) is 0 Å². The van der Waals surface area contributed by atoms with Crippen molar-refractivity contribution in [3.05, 3.63) is 10.8 Å². The Morgan fingerprint density at radius 3 is 2.84 bits per heavy atom. The molecule has 6 heteroatoms. The van der Waals surface area contributed by atoms with Gasteiger partial charge in [-0.15, -0.1) is 0 Å². The molecule has 1 N–H and O–H groups in total. The minimum Gasteiger partial charge on any atom is -0.382 e. The maximum absolute atomic E-state index is 12.3. The van der Waals surface area contributed by atoms with Crippen molar-refractivity contribution in [1.82, 2.24) is 9.55 Å². The van der Waals surface area contributed by atoms with Crippen LogP contribution < -0.4 is 16.2 Å². The minimum atomic E-state index is 0.0451. The van der Waals surface area contributed by atoms with Gasteiger partial charge in [-0.3, -0.25) is 19.7 Å². The predicted molar refractivity (Wildman–Crippen MR) is 98.0 cm³/mol. The lowest BCUT2D eigenvalue weighted by atomic mass is 10.1. The number of hydrogen-bond acceptors (Lipinski definition) is 4. The van der Waals surface area contributed by atoms with Crippen LogP contribution >= 0.6 is 0 Å². The lowest BCUT2D eigenvalue weighted by Gasteiger charge is -2.17. The first-order chi connectivity index (χ1) is 12.1. The van der Waals surface area contributed by atoms with Crippen LogP contribution in [0.3, 0.4) is 0 Å². The van der Waals surface area contributed by atoms with E-state index in [9.17, 15) is 4.79 Å². The molecule has 0 aromatic carbocycles. The molecule has 1 aromatic heterocycles. The highest BCUT2D eigenvalue weighted by Crippen LogP contribution is 2.30. The Morgan fingerprint density at radius 2 is 2.16 bits per heavy atom. The second-order valence-corrected chi connectivity index (χ2v) is 7.61. The van der Waals surface area contributed by atoms with Crippen LogP contribution in [0.4, 0.5) is 5.95 Å². The second-order valence-electron chi connectivity index (χ2n) is 7.61. The zero-order valence-corrected chi connectivity index (χ0v) is 15.6. The van der Waals surface area contributed by atoms with Crippen molar-refractivity contribution in [2.45, 2.75) is 70.9 Å². The number of imidazole rings is 1. The van der Waals surface area contributed by atoms with Crippen LogP contribution in [0.2, 0.25) is 0 Å². The molecule has 25 heavy (non-hydrogen) atoms. The molecule has 138 valence electrons. The Morgan fingerprint density at radius 1 is 1.40 bits per heavy atom. The molecule has 1 unspecified atom stereocenters. The highest BCUT2D eigenvalue weighted by atomic mass is 16.5. The van der Waals surface area contributed by atoms with Gasteiger partial charge in [0.25, 0.3) is 0 Å². The third-order valence-electron chi connectivity index (χ3n) is 5.05. The standard InChI is InChI=1S/C19H30N4O2/c1-13(2)8-11-17(24)22-19-21-16-10-9-14(12-25-3)20-18(16)23(19)15-6-4-5-7-15/h10,13-15H,4-9,11-12H2,1-3H3,(H,21,22,24). The average molecular weight is 346 g/mol. The van der Waals surface area contributed by atoms with Crippen molar-refractivity contribution in [3.8, 4) is 0 Å². The lowest BCUT2D eigenvalue weighted by Crippen LogP contribution is -2.38. The lowest BCUT2D eigenvalue weighted by molar-refractivity contribution is -0.116. The summed E-state index contributed by atoms with van der Waals surface area (Å²) in [5.74, 6) is 1.24. The molecule has 6 nitrogen and oxygen atoms in total. The number of methoxy groups -OCH3 is 1. The quantitative estimate of drug-likeness (QED) is 0.823. The van der Waals surface area contributed by atoms with Gasteiger partial charge in [-0.2, -0.15) is 0 Å². The summed E-state index contributed by atoms with van der Waals surface area (Å²) in [5, 5.41) is 3.95. The predicted octanol–water partition coefficient (Wildman–Crippen LogP) is 2.19. The van der Waals surface area contributed by atoms with Crippen molar-refractivity contribution in [2.75, 3.05) is 19.0 Å². The third-order valence-corrected chi connectivity index (χ3v) is 5.05. The molecule has 3 rings (SSSR count). The Balaban J connectivity index is 1.90. The summed E-state index contributed by atoms with van der Waals surface area (Å²) in [6, 6.07) is 0.522. The Kier molecular flexibility index (Phi) is 5.89. The number of nitrogens with zero attached hydrogens (tertiary/aromatic N) is 3. The van der Waals surface area contributed by atoms with Crippen LogP contribution in [0.5, 0.6) is 0 Å². The molecule has 1 aromatic rings. The van der Waals surface area contributed by atoms with Crippen molar-refractivity contribution in [1.29, 1.82) is 0 Å². The van der Waals surface area contributed by atoms with E-state index in [1.165, 1.54) is 12.8 Å². The number of carbonyl (C=O) groups is 1. The maximum Gasteiger partial charge on any atom is 0.226 e. The third kappa shape index (κ3) is 4.29. The van der Waals surface area contributed by atoms with Gasteiger partial charge in [-0.25, -0.2) is 4.98 Å².